The molecule has 1 aromatic rings. The molecule has 0 aromatic heterocycles. The van der Waals surface area contributed by atoms with Crippen LogP contribution in [0.5, 0.6) is 5.75 Å². The van der Waals surface area contributed by atoms with Gasteiger partial charge in [-0.25, -0.2) is 0 Å². The average Bonchev–Trinajstić information content (AvgIpc) is 2.26. The molecule has 0 amide bonds. The predicted molar refractivity (Wildman–Crippen MR) is 54.5 cm³/mol. The molecule has 0 radical (unpaired) electrons. The van der Waals surface area contributed by atoms with Crippen molar-refractivity contribution >= 4 is 22.5 Å². The Hall–Kier alpha value is -2.13. The van der Waals surface area contributed by atoms with Gasteiger partial charge in [-0.05, 0) is 17.7 Å². The number of carbonyl (C=O) groups excluding carboxylic acids is 1. The summed E-state index contributed by atoms with van der Waals surface area (Å²) in [6, 6.07) is 3.97. The van der Waals surface area contributed by atoms with Crippen LogP contribution < -0.4 is 4.74 Å². The van der Waals surface area contributed by atoms with E-state index in [-0.39, 0.29) is 16.9 Å². The maximum atomic E-state index is 11.0. The largest absolute Gasteiger partial charge is 0.490 e. The first-order valence-corrected chi connectivity index (χ1v) is 4.35. The highest BCUT2D eigenvalue weighted by Crippen LogP contribution is 2.33. The van der Waals surface area contributed by atoms with Crippen molar-refractivity contribution in [2.75, 3.05) is 7.11 Å². The van der Waals surface area contributed by atoms with Crippen LogP contribution in [0, 0.1) is 21.4 Å². The molecule has 0 aliphatic rings. The predicted octanol–water partition coefficient (Wildman–Crippen LogP) is 1.85. The van der Waals surface area contributed by atoms with Crippen LogP contribution >= 0.6 is 11.6 Å². The van der Waals surface area contributed by atoms with Gasteiger partial charge in [-0.3, -0.25) is 14.9 Å². The highest BCUT2D eigenvalue weighted by atomic mass is 35.5. The third kappa shape index (κ3) is 2.10. The molecule has 1 aromatic carbocycles. The SMILES string of the molecule is COc1cc(C#N)cc(C(=O)Cl)c1[N+](=O)[O-]. The number of nitro benzene ring substituents is 1. The molecule has 7 heteroatoms. The molecule has 0 saturated carbocycles. The molecule has 1 rings (SSSR count). The lowest BCUT2D eigenvalue weighted by Gasteiger charge is -2.04. The maximum Gasteiger partial charge on any atom is 0.323 e. The lowest BCUT2D eigenvalue weighted by atomic mass is 10.1. The van der Waals surface area contributed by atoms with Crippen LogP contribution in [0.4, 0.5) is 5.69 Å². The molecule has 0 atom stereocenters. The average molecular weight is 241 g/mol. The standard InChI is InChI=1S/C9H5ClN2O4/c1-16-7-3-5(4-11)2-6(9(10)13)8(7)12(14)15/h2-3H,1H3. The van der Waals surface area contributed by atoms with Crippen LogP contribution in [0.3, 0.4) is 0 Å². The van der Waals surface area contributed by atoms with Crippen LogP contribution in [0.25, 0.3) is 0 Å². The molecular weight excluding hydrogens is 236 g/mol. The monoisotopic (exact) mass is 240 g/mol. The molecule has 0 bridgehead atoms. The Kier molecular flexibility index (Phi) is 3.43. The fourth-order valence-electron chi connectivity index (χ4n) is 1.17. The van der Waals surface area contributed by atoms with Gasteiger partial charge >= 0.3 is 5.69 Å². The maximum absolute atomic E-state index is 11.0. The minimum atomic E-state index is -1.01. The highest BCUT2D eigenvalue weighted by molar-refractivity contribution is 6.68. The van der Waals surface area contributed by atoms with E-state index in [1.165, 1.54) is 13.2 Å². The lowest BCUT2D eigenvalue weighted by Crippen LogP contribution is -2.02. The Morgan fingerprint density at radius 3 is 2.62 bits per heavy atom. The molecule has 16 heavy (non-hydrogen) atoms. The topological polar surface area (TPSA) is 93.2 Å². The van der Waals surface area contributed by atoms with Gasteiger partial charge in [0, 0.05) is 6.07 Å². The smallest absolute Gasteiger partial charge is 0.323 e. The van der Waals surface area contributed by atoms with E-state index in [0.717, 1.165) is 6.07 Å². The van der Waals surface area contributed by atoms with Crippen molar-refractivity contribution in [1.29, 1.82) is 5.26 Å². The number of methoxy groups -OCH3 is 1. The van der Waals surface area contributed by atoms with Crippen molar-refractivity contribution < 1.29 is 14.5 Å². The molecule has 0 aliphatic carbocycles. The van der Waals surface area contributed by atoms with E-state index in [1.807, 2.05) is 0 Å². The van der Waals surface area contributed by atoms with Gasteiger partial charge in [0.05, 0.1) is 23.7 Å². The van der Waals surface area contributed by atoms with Crippen molar-refractivity contribution in [3.8, 4) is 11.8 Å². The van der Waals surface area contributed by atoms with Gasteiger partial charge in [0.2, 0.25) is 0 Å². The van der Waals surface area contributed by atoms with Gasteiger partial charge in [0.1, 0.15) is 5.56 Å². The van der Waals surface area contributed by atoms with E-state index in [4.69, 9.17) is 21.6 Å². The molecule has 0 heterocycles. The molecule has 0 saturated heterocycles. The zero-order valence-electron chi connectivity index (χ0n) is 8.06. The summed E-state index contributed by atoms with van der Waals surface area (Å²) >= 11 is 5.20. The minimum Gasteiger partial charge on any atom is -0.490 e. The zero-order chi connectivity index (χ0) is 12.3. The summed E-state index contributed by atoms with van der Waals surface area (Å²) in [7, 11) is 1.20. The summed E-state index contributed by atoms with van der Waals surface area (Å²) in [5.41, 5.74) is -0.837. The molecule has 6 nitrogen and oxygen atoms in total. The molecular formula is C9H5ClN2O4. The summed E-state index contributed by atoms with van der Waals surface area (Å²) in [6.07, 6.45) is 0. The Labute approximate surface area is 95.2 Å². The zero-order valence-corrected chi connectivity index (χ0v) is 8.82. The van der Waals surface area contributed by atoms with Gasteiger partial charge in [0.25, 0.3) is 5.24 Å². The van der Waals surface area contributed by atoms with Crippen molar-refractivity contribution in [3.63, 3.8) is 0 Å². The first-order valence-electron chi connectivity index (χ1n) is 3.97. The fraction of sp³-hybridized carbons (Fsp3) is 0.111. The van der Waals surface area contributed by atoms with E-state index in [9.17, 15) is 14.9 Å². The number of hydrogen-bond acceptors (Lipinski definition) is 5. The van der Waals surface area contributed by atoms with Gasteiger partial charge < -0.3 is 4.74 Å². The molecule has 0 N–H and O–H groups in total. The van der Waals surface area contributed by atoms with Crippen LogP contribution in [0.15, 0.2) is 12.1 Å². The van der Waals surface area contributed by atoms with Crippen molar-refractivity contribution in [1.82, 2.24) is 0 Å². The quantitative estimate of drug-likeness (QED) is 0.457. The number of nitrogens with zero attached hydrogens (tertiary/aromatic N) is 2. The minimum absolute atomic E-state index is 0.0615. The molecule has 0 aliphatic heterocycles. The number of carbonyl (C=O) groups is 1. The normalized spacial score (nSPS) is 9.31. The van der Waals surface area contributed by atoms with Crippen LogP contribution in [0.1, 0.15) is 15.9 Å². The fourth-order valence-corrected chi connectivity index (χ4v) is 1.31. The molecule has 0 fully saturated rings. The Bertz CT molecular complexity index is 507. The first kappa shape index (κ1) is 11.9. The third-order valence-corrected chi connectivity index (χ3v) is 2.02. The summed E-state index contributed by atoms with van der Waals surface area (Å²) in [5.74, 6) is -0.173. The van der Waals surface area contributed by atoms with Crippen molar-refractivity contribution in [3.05, 3.63) is 33.4 Å². The van der Waals surface area contributed by atoms with Gasteiger partial charge in [-0.2, -0.15) is 5.26 Å². The van der Waals surface area contributed by atoms with Crippen LogP contribution in [0.2, 0.25) is 0 Å². The summed E-state index contributed by atoms with van der Waals surface area (Å²) in [4.78, 5) is 21.0. The number of nitriles is 1. The lowest BCUT2D eigenvalue weighted by molar-refractivity contribution is -0.386. The first-order chi connectivity index (χ1) is 7.51. The Balaban J connectivity index is 3.62. The number of ether oxygens (including phenoxy) is 1. The number of benzene rings is 1. The number of rotatable bonds is 3. The van der Waals surface area contributed by atoms with Gasteiger partial charge in [-0.1, -0.05) is 0 Å². The summed E-state index contributed by atoms with van der Waals surface area (Å²) in [6.45, 7) is 0. The Morgan fingerprint density at radius 2 is 2.25 bits per heavy atom. The third-order valence-electron chi connectivity index (χ3n) is 1.82. The summed E-state index contributed by atoms with van der Waals surface area (Å²) < 4.78 is 4.74. The number of nitro groups is 1. The molecule has 0 spiro atoms. The van der Waals surface area contributed by atoms with E-state index in [1.54, 1.807) is 6.07 Å². The number of halogens is 1. The Morgan fingerprint density at radius 1 is 1.62 bits per heavy atom. The van der Waals surface area contributed by atoms with Crippen LogP contribution in [-0.4, -0.2) is 17.3 Å². The van der Waals surface area contributed by atoms with Gasteiger partial charge in [0.15, 0.2) is 5.75 Å². The van der Waals surface area contributed by atoms with E-state index in [2.05, 4.69) is 0 Å². The second-order valence-electron chi connectivity index (χ2n) is 2.72. The highest BCUT2D eigenvalue weighted by Gasteiger charge is 2.25. The summed E-state index contributed by atoms with van der Waals surface area (Å²) in [5, 5.41) is 18.4. The second kappa shape index (κ2) is 4.59. The van der Waals surface area contributed by atoms with E-state index >= 15 is 0 Å². The van der Waals surface area contributed by atoms with Crippen LogP contribution in [-0.2, 0) is 0 Å². The number of hydrogen-bond donors (Lipinski definition) is 0. The second-order valence-corrected chi connectivity index (χ2v) is 3.06. The molecule has 0 unspecified atom stereocenters. The van der Waals surface area contributed by atoms with Crippen molar-refractivity contribution in [2.24, 2.45) is 0 Å². The van der Waals surface area contributed by atoms with Crippen molar-refractivity contribution in [2.45, 2.75) is 0 Å². The van der Waals surface area contributed by atoms with E-state index in [0.29, 0.717) is 0 Å². The molecule has 82 valence electrons. The van der Waals surface area contributed by atoms with E-state index < -0.39 is 15.9 Å². The van der Waals surface area contributed by atoms with Gasteiger partial charge in [-0.15, -0.1) is 0 Å².